The average Bonchev–Trinajstić information content (AvgIpc) is 3.18. The van der Waals surface area contributed by atoms with Gasteiger partial charge < -0.3 is 9.88 Å². The number of aromatic nitrogens is 2. The number of hydrogen-bond donors (Lipinski definition) is 1. The zero-order chi connectivity index (χ0) is 13.9. The van der Waals surface area contributed by atoms with E-state index < -0.39 is 0 Å². The van der Waals surface area contributed by atoms with E-state index >= 15 is 0 Å². The van der Waals surface area contributed by atoms with Crippen molar-refractivity contribution in [2.45, 2.75) is 32.2 Å². The number of carbonyl (C=O) groups is 1. The van der Waals surface area contributed by atoms with Crippen LogP contribution in [-0.2, 0) is 4.79 Å². The quantitative estimate of drug-likeness (QED) is 0.913. The van der Waals surface area contributed by atoms with Crippen LogP contribution in [0.15, 0.2) is 24.0 Å². The fourth-order valence-electron chi connectivity index (χ4n) is 3.17. The smallest absolute Gasteiger partial charge is 0.249 e. The first kappa shape index (κ1) is 13.4. The van der Waals surface area contributed by atoms with E-state index in [0.717, 1.165) is 56.8 Å². The van der Waals surface area contributed by atoms with Crippen LogP contribution in [0.1, 0.15) is 38.1 Å². The van der Waals surface area contributed by atoms with Crippen LogP contribution in [0.2, 0.25) is 0 Å². The van der Waals surface area contributed by atoms with Crippen molar-refractivity contribution in [2.75, 3.05) is 26.2 Å². The lowest BCUT2D eigenvalue weighted by molar-refractivity contribution is -0.130. The average molecular weight is 274 g/mol. The molecular weight excluding hydrogens is 252 g/mol. The monoisotopic (exact) mass is 274 g/mol. The second-order valence-electron chi connectivity index (χ2n) is 5.49. The first-order valence-corrected chi connectivity index (χ1v) is 7.51. The van der Waals surface area contributed by atoms with Crippen molar-refractivity contribution in [3.05, 3.63) is 29.9 Å². The Bertz CT molecular complexity index is 494. The Morgan fingerprint density at radius 1 is 1.50 bits per heavy atom. The van der Waals surface area contributed by atoms with Crippen molar-refractivity contribution >= 4 is 5.91 Å². The Morgan fingerprint density at radius 2 is 2.40 bits per heavy atom. The van der Waals surface area contributed by atoms with Crippen LogP contribution in [0.4, 0.5) is 0 Å². The maximum Gasteiger partial charge on any atom is 0.249 e. The van der Waals surface area contributed by atoms with Crippen molar-refractivity contribution in [3.8, 4) is 0 Å². The first-order chi connectivity index (χ1) is 9.79. The molecule has 0 spiro atoms. The van der Waals surface area contributed by atoms with Gasteiger partial charge in [0.15, 0.2) is 0 Å². The van der Waals surface area contributed by atoms with Crippen LogP contribution in [-0.4, -0.2) is 51.9 Å². The van der Waals surface area contributed by atoms with Crippen LogP contribution >= 0.6 is 0 Å². The molecule has 3 rings (SSSR count). The molecule has 1 unspecified atom stereocenters. The summed E-state index contributed by atoms with van der Waals surface area (Å²) in [5.74, 6) is 1.19. The van der Waals surface area contributed by atoms with Gasteiger partial charge in [0, 0.05) is 37.6 Å². The summed E-state index contributed by atoms with van der Waals surface area (Å²) in [4.78, 5) is 24.5. The lowest BCUT2D eigenvalue weighted by atomic mass is 10.1. The number of allylic oxidation sites excluding steroid dienone is 1. The Balaban J connectivity index is 1.74. The van der Waals surface area contributed by atoms with Gasteiger partial charge in [-0.2, -0.15) is 0 Å². The highest BCUT2D eigenvalue weighted by atomic mass is 16.2. The summed E-state index contributed by atoms with van der Waals surface area (Å²) < 4.78 is 0. The SMILES string of the molecule is CCN1CCN(C(=O)C2=CCCC2)CC1c1ncc[nH]1. The summed E-state index contributed by atoms with van der Waals surface area (Å²) >= 11 is 0. The topological polar surface area (TPSA) is 52.2 Å². The molecule has 1 saturated heterocycles. The van der Waals surface area contributed by atoms with Crippen LogP contribution in [0.3, 0.4) is 0 Å². The van der Waals surface area contributed by atoms with E-state index in [1.165, 1.54) is 0 Å². The molecule has 1 aliphatic heterocycles. The van der Waals surface area contributed by atoms with Gasteiger partial charge in [-0.25, -0.2) is 4.98 Å². The first-order valence-electron chi connectivity index (χ1n) is 7.51. The molecule has 108 valence electrons. The van der Waals surface area contributed by atoms with E-state index in [4.69, 9.17) is 0 Å². The summed E-state index contributed by atoms with van der Waals surface area (Å²) in [5, 5.41) is 0. The summed E-state index contributed by atoms with van der Waals surface area (Å²) in [5.41, 5.74) is 1.01. The van der Waals surface area contributed by atoms with Crippen LogP contribution in [0, 0.1) is 0 Å². The van der Waals surface area contributed by atoms with E-state index in [1.807, 2.05) is 11.1 Å². The fourth-order valence-corrected chi connectivity index (χ4v) is 3.17. The third-order valence-corrected chi connectivity index (χ3v) is 4.34. The number of H-pyrrole nitrogens is 1. The zero-order valence-corrected chi connectivity index (χ0v) is 12.0. The maximum atomic E-state index is 12.5. The lowest BCUT2D eigenvalue weighted by Gasteiger charge is -2.40. The van der Waals surface area contributed by atoms with Crippen molar-refractivity contribution in [1.29, 1.82) is 0 Å². The van der Waals surface area contributed by atoms with Gasteiger partial charge in [-0.15, -0.1) is 0 Å². The molecule has 2 aliphatic rings. The van der Waals surface area contributed by atoms with Gasteiger partial charge in [0.2, 0.25) is 5.91 Å². The minimum absolute atomic E-state index is 0.190. The molecule has 0 radical (unpaired) electrons. The Kier molecular flexibility index (Phi) is 3.87. The molecule has 5 heteroatoms. The standard InChI is InChI=1S/C15H22N4O/c1-2-18-9-10-19(15(20)12-5-3-4-6-12)11-13(18)14-16-7-8-17-14/h5,7-8,13H,2-4,6,9-11H2,1H3,(H,16,17). The van der Waals surface area contributed by atoms with E-state index in [9.17, 15) is 4.79 Å². The van der Waals surface area contributed by atoms with Crippen molar-refractivity contribution in [3.63, 3.8) is 0 Å². The van der Waals surface area contributed by atoms with E-state index in [0.29, 0.717) is 0 Å². The van der Waals surface area contributed by atoms with E-state index in [-0.39, 0.29) is 11.9 Å². The molecule has 2 heterocycles. The number of rotatable bonds is 3. The molecule has 1 amide bonds. The Labute approximate surface area is 119 Å². The van der Waals surface area contributed by atoms with Crippen molar-refractivity contribution in [2.24, 2.45) is 0 Å². The predicted octanol–water partition coefficient (Wildman–Crippen LogP) is 1.73. The second-order valence-corrected chi connectivity index (χ2v) is 5.49. The normalized spacial score (nSPS) is 23.9. The summed E-state index contributed by atoms with van der Waals surface area (Å²) in [6.07, 6.45) is 8.86. The molecular formula is C15H22N4O. The molecule has 1 fully saturated rings. The van der Waals surface area contributed by atoms with Gasteiger partial charge in [0.05, 0.1) is 6.04 Å². The molecule has 1 atom stereocenters. The highest BCUT2D eigenvalue weighted by Crippen LogP contribution is 2.26. The number of carbonyl (C=O) groups excluding carboxylic acids is 1. The van der Waals surface area contributed by atoms with Gasteiger partial charge >= 0.3 is 0 Å². The Morgan fingerprint density at radius 3 is 3.05 bits per heavy atom. The number of aromatic amines is 1. The molecule has 0 saturated carbocycles. The second kappa shape index (κ2) is 5.79. The van der Waals surface area contributed by atoms with Gasteiger partial charge in [0.25, 0.3) is 0 Å². The molecule has 0 bridgehead atoms. The Hall–Kier alpha value is -1.62. The number of piperazine rings is 1. The van der Waals surface area contributed by atoms with Gasteiger partial charge in [-0.05, 0) is 25.8 Å². The van der Waals surface area contributed by atoms with Crippen LogP contribution in [0.25, 0.3) is 0 Å². The number of likely N-dealkylation sites (N-methyl/N-ethyl adjacent to an activating group) is 1. The van der Waals surface area contributed by atoms with Gasteiger partial charge in [0.1, 0.15) is 5.82 Å². The van der Waals surface area contributed by atoms with E-state index in [1.54, 1.807) is 6.20 Å². The van der Waals surface area contributed by atoms with Crippen molar-refractivity contribution < 1.29 is 4.79 Å². The lowest BCUT2D eigenvalue weighted by Crippen LogP contribution is -2.50. The molecule has 1 aliphatic carbocycles. The fraction of sp³-hybridized carbons (Fsp3) is 0.600. The van der Waals surface area contributed by atoms with Crippen LogP contribution < -0.4 is 0 Å². The van der Waals surface area contributed by atoms with Crippen LogP contribution in [0.5, 0.6) is 0 Å². The minimum atomic E-state index is 0.190. The highest BCUT2D eigenvalue weighted by Gasteiger charge is 2.32. The molecule has 20 heavy (non-hydrogen) atoms. The molecule has 0 aromatic carbocycles. The van der Waals surface area contributed by atoms with Gasteiger partial charge in [-0.1, -0.05) is 13.0 Å². The number of nitrogens with zero attached hydrogens (tertiary/aromatic N) is 3. The number of amides is 1. The summed E-state index contributed by atoms with van der Waals surface area (Å²) in [6.45, 7) is 5.61. The maximum absolute atomic E-state index is 12.5. The third-order valence-electron chi connectivity index (χ3n) is 4.34. The number of imidazole rings is 1. The third kappa shape index (κ3) is 2.50. The predicted molar refractivity (Wildman–Crippen MR) is 77.1 cm³/mol. The number of nitrogens with one attached hydrogen (secondary N) is 1. The van der Waals surface area contributed by atoms with Gasteiger partial charge in [-0.3, -0.25) is 9.69 Å². The minimum Gasteiger partial charge on any atom is -0.347 e. The summed E-state index contributed by atoms with van der Waals surface area (Å²) in [7, 11) is 0. The molecule has 1 aromatic heterocycles. The highest BCUT2D eigenvalue weighted by molar-refractivity contribution is 5.93. The number of hydrogen-bond acceptors (Lipinski definition) is 3. The van der Waals surface area contributed by atoms with E-state index in [2.05, 4.69) is 27.9 Å². The zero-order valence-electron chi connectivity index (χ0n) is 12.0. The largest absolute Gasteiger partial charge is 0.347 e. The van der Waals surface area contributed by atoms with Crippen molar-refractivity contribution in [1.82, 2.24) is 19.8 Å². The molecule has 5 nitrogen and oxygen atoms in total. The summed E-state index contributed by atoms with van der Waals surface area (Å²) in [6, 6.07) is 0.190. The molecule has 1 aromatic rings. The molecule has 1 N–H and O–H groups in total.